The van der Waals surface area contributed by atoms with E-state index in [1.54, 1.807) is 0 Å². The first-order valence-electron chi connectivity index (χ1n) is 5.45. The zero-order chi connectivity index (χ0) is 13.0. The number of amides is 1. The molecule has 0 fully saturated rings. The van der Waals surface area contributed by atoms with Crippen LogP contribution in [-0.2, 0) is 0 Å². The van der Waals surface area contributed by atoms with Crippen molar-refractivity contribution in [3.8, 4) is 5.75 Å². The number of likely N-dealkylation sites (N-methyl/N-ethyl adjacent to an activating group) is 1. The molecule has 0 aliphatic rings. The fourth-order valence-corrected chi connectivity index (χ4v) is 1.26. The summed E-state index contributed by atoms with van der Waals surface area (Å²) in [7, 11) is 3.89. The number of phenols is 1. The van der Waals surface area contributed by atoms with Gasteiger partial charge in [-0.05, 0) is 39.2 Å². The van der Waals surface area contributed by atoms with E-state index in [0.717, 1.165) is 0 Å². The van der Waals surface area contributed by atoms with Gasteiger partial charge >= 0.3 is 0 Å². The highest BCUT2D eigenvalue weighted by molar-refractivity contribution is 5.99. The van der Waals surface area contributed by atoms with Crippen LogP contribution in [-0.4, -0.2) is 42.6 Å². The highest BCUT2D eigenvalue weighted by atomic mass is 16.3. The lowest BCUT2D eigenvalue weighted by Crippen LogP contribution is -2.38. The van der Waals surface area contributed by atoms with Gasteiger partial charge in [0.25, 0.3) is 5.91 Å². The molecule has 0 spiro atoms. The van der Waals surface area contributed by atoms with E-state index in [4.69, 9.17) is 5.73 Å². The number of nitrogens with one attached hydrogen (secondary N) is 1. The van der Waals surface area contributed by atoms with Gasteiger partial charge in [0.15, 0.2) is 0 Å². The van der Waals surface area contributed by atoms with Gasteiger partial charge in [-0.2, -0.15) is 0 Å². The molecule has 0 aliphatic carbocycles. The second kappa shape index (κ2) is 5.54. The summed E-state index contributed by atoms with van der Waals surface area (Å²) in [5.41, 5.74) is 6.34. The van der Waals surface area contributed by atoms with Crippen LogP contribution in [0.2, 0.25) is 0 Å². The normalized spacial score (nSPS) is 12.5. The molecule has 5 heteroatoms. The van der Waals surface area contributed by atoms with Gasteiger partial charge in [0.1, 0.15) is 5.75 Å². The zero-order valence-corrected chi connectivity index (χ0v) is 10.4. The maximum atomic E-state index is 11.8. The third-order valence-corrected chi connectivity index (χ3v) is 2.72. The van der Waals surface area contributed by atoms with Crippen molar-refractivity contribution in [1.29, 1.82) is 0 Å². The summed E-state index contributed by atoms with van der Waals surface area (Å²) in [4.78, 5) is 13.8. The van der Waals surface area contributed by atoms with Crippen LogP contribution in [0, 0.1) is 0 Å². The fourth-order valence-electron chi connectivity index (χ4n) is 1.26. The van der Waals surface area contributed by atoms with Gasteiger partial charge in [-0.1, -0.05) is 0 Å². The number of carbonyl (C=O) groups excluding carboxylic acids is 1. The van der Waals surface area contributed by atoms with Crippen LogP contribution in [0.3, 0.4) is 0 Å². The van der Waals surface area contributed by atoms with E-state index in [2.05, 4.69) is 5.32 Å². The number of anilines is 1. The summed E-state index contributed by atoms with van der Waals surface area (Å²) in [6, 6.07) is 4.57. The van der Waals surface area contributed by atoms with Crippen LogP contribution >= 0.6 is 0 Å². The Morgan fingerprint density at radius 2 is 2.18 bits per heavy atom. The summed E-state index contributed by atoms with van der Waals surface area (Å²) < 4.78 is 0. The van der Waals surface area contributed by atoms with Gasteiger partial charge in [-0.15, -0.1) is 0 Å². The molecule has 0 radical (unpaired) electrons. The van der Waals surface area contributed by atoms with E-state index >= 15 is 0 Å². The summed E-state index contributed by atoms with van der Waals surface area (Å²) in [6.45, 7) is 2.53. The number of phenolic OH excluding ortho intramolecular Hbond substituents is 1. The van der Waals surface area contributed by atoms with Crippen molar-refractivity contribution in [3.63, 3.8) is 0 Å². The van der Waals surface area contributed by atoms with E-state index in [1.807, 2.05) is 25.9 Å². The van der Waals surface area contributed by atoms with Crippen LogP contribution in [0.5, 0.6) is 5.75 Å². The highest BCUT2D eigenvalue weighted by Crippen LogP contribution is 2.18. The molecule has 0 heterocycles. The minimum absolute atomic E-state index is 0.0324. The lowest BCUT2D eigenvalue weighted by Gasteiger charge is -2.20. The topological polar surface area (TPSA) is 78.6 Å². The van der Waals surface area contributed by atoms with Crippen molar-refractivity contribution in [2.75, 3.05) is 26.4 Å². The summed E-state index contributed by atoms with van der Waals surface area (Å²) >= 11 is 0. The molecule has 94 valence electrons. The first kappa shape index (κ1) is 13.3. The van der Waals surface area contributed by atoms with Crippen molar-refractivity contribution in [2.24, 2.45) is 0 Å². The minimum Gasteiger partial charge on any atom is -0.508 e. The van der Waals surface area contributed by atoms with Gasteiger partial charge in [0.2, 0.25) is 0 Å². The molecule has 1 unspecified atom stereocenters. The fraction of sp³-hybridized carbons (Fsp3) is 0.417. The van der Waals surface area contributed by atoms with E-state index in [-0.39, 0.29) is 17.7 Å². The Kier molecular flexibility index (Phi) is 4.34. The molecular weight excluding hydrogens is 218 g/mol. The molecule has 1 aromatic rings. The average Bonchev–Trinajstić information content (AvgIpc) is 2.28. The standard InChI is InChI=1S/C12H19N3O2/c1-8(15(2)3)7-14-12(17)10-6-9(16)4-5-11(10)13/h4-6,8,16H,7,13H2,1-3H3,(H,14,17). The maximum absolute atomic E-state index is 11.8. The molecule has 1 atom stereocenters. The predicted octanol–water partition coefficient (Wildman–Crippen LogP) is 0.654. The number of nitrogens with two attached hydrogens (primary N) is 1. The SMILES string of the molecule is CC(CNC(=O)c1cc(O)ccc1N)N(C)C. The van der Waals surface area contributed by atoms with Crippen LogP contribution in [0.25, 0.3) is 0 Å². The van der Waals surface area contributed by atoms with E-state index in [1.165, 1.54) is 18.2 Å². The van der Waals surface area contributed by atoms with Crippen LogP contribution in [0.4, 0.5) is 5.69 Å². The maximum Gasteiger partial charge on any atom is 0.253 e. The molecule has 0 saturated heterocycles. The lowest BCUT2D eigenvalue weighted by molar-refractivity contribution is 0.0944. The monoisotopic (exact) mass is 237 g/mol. The quantitative estimate of drug-likeness (QED) is 0.531. The predicted molar refractivity (Wildman–Crippen MR) is 68.0 cm³/mol. The van der Waals surface area contributed by atoms with E-state index in [9.17, 15) is 9.90 Å². The van der Waals surface area contributed by atoms with Gasteiger partial charge in [0.05, 0.1) is 5.56 Å². The van der Waals surface area contributed by atoms with Crippen LogP contribution < -0.4 is 11.1 Å². The Morgan fingerprint density at radius 3 is 2.76 bits per heavy atom. The number of hydrogen-bond donors (Lipinski definition) is 3. The van der Waals surface area contributed by atoms with Gasteiger partial charge < -0.3 is 21.1 Å². The highest BCUT2D eigenvalue weighted by Gasteiger charge is 2.12. The Hall–Kier alpha value is -1.75. The van der Waals surface area contributed by atoms with Crippen LogP contribution in [0.15, 0.2) is 18.2 Å². The van der Waals surface area contributed by atoms with E-state index < -0.39 is 0 Å². The van der Waals surface area contributed by atoms with Gasteiger partial charge in [0, 0.05) is 18.3 Å². The molecule has 0 aliphatic heterocycles. The number of carbonyl (C=O) groups is 1. The van der Waals surface area contributed by atoms with Crippen molar-refractivity contribution in [3.05, 3.63) is 23.8 Å². The molecule has 1 aromatic carbocycles. The number of rotatable bonds is 4. The van der Waals surface area contributed by atoms with Gasteiger partial charge in [-0.25, -0.2) is 0 Å². The summed E-state index contributed by atoms with van der Waals surface area (Å²) in [5, 5.41) is 12.1. The third-order valence-electron chi connectivity index (χ3n) is 2.72. The van der Waals surface area contributed by atoms with Crippen molar-refractivity contribution in [1.82, 2.24) is 10.2 Å². The number of aromatic hydroxyl groups is 1. The Bertz CT molecular complexity index is 405. The Labute approximate surface area is 101 Å². The first-order valence-corrected chi connectivity index (χ1v) is 5.45. The van der Waals surface area contributed by atoms with E-state index in [0.29, 0.717) is 17.8 Å². The second-order valence-corrected chi connectivity index (χ2v) is 4.29. The minimum atomic E-state index is -0.271. The molecule has 4 N–H and O–H groups in total. The number of nitrogens with zero attached hydrogens (tertiary/aromatic N) is 1. The van der Waals surface area contributed by atoms with Crippen molar-refractivity contribution < 1.29 is 9.90 Å². The molecule has 1 amide bonds. The molecule has 0 bridgehead atoms. The number of hydrogen-bond acceptors (Lipinski definition) is 4. The third kappa shape index (κ3) is 3.64. The zero-order valence-electron chi connectivity index (χ0n) is 10.4. The first-order chi connectivity index (χ1) is 7.91. The molecule has 0 aromatic heterocycles. The van der Waals surface area contributed by atoms with Crippen molar-refractivity contribution in [2.45, 2.75) is 13.0 Å². The van der Waals surface area contributed by atoms with Crippen LogP contribution in [0.1, 0.15) is 17.3 Å². The van der Waals surface area contributed by atoms with Crippen molar-refractivity contribution >= 4 is 11.6 Å². The molecule has 0 saturated carbocycles. The largest absolute Gasteiger partial charge is 0.508 e. The second-order valence-electron chi connectivity index (χ2n) is 4.29. The summed E-state index contributed by atoms with van der Waals surface area (Å²) in [5.74, 6) is -0.239. The Morgan fingerprint density at radius 1 is 1.53 bits per heavy atom. The lowest BCUT2D eigenvalue weighted by atomic mass is 10.1. The number of benzene rings is 1. The van der Waals surface area contributed by atoms with Gasteiger partial charge in [-0.3, -0.25) is 4.79 Å². The molecular formula is C12H19N3O2. The Balaban J connectivity index is 2.67. The summed E-state index contributed by atoms with van der Waals surface area (Å²) in [6.07, 6.45) is 0. The number of nitrogen functional groups attached to an aromatic ring is 1. The molecule has 1 rings (SSSR count). The average molecular weight is 237 g/mol. The molecule has 17 heavy (non-hydrogen) atoms. The molecule has 5 nitrogen and oxygen atoms in total. The smallest absolute Gasteiger partial charge is 0.253 e.